The van der Waals surface area contributed by atoms with E-state index in [2.05, 4.69) is 36.4 Å². The van der Waals surface area contributed by atoms with Crippen LogP contribution >= 0.6 is 11.6 Å². The fourth-order valence-electron chi connectivity index (χ4n) is 5.08. The number of halogens is 1. The summed E-state index contributed by atoms with van der Waals surface area (Å²) in [4.78, 5) is 1.87. The van der Waals surface area contributed by atoms with Gasteiger partial charge in [-0.3, -0.25) is 0 Å². The molecular formula is C32H32ClN2O2+. The van der Waals surface area contributed by atoms with E-state index in [9.17, 15) is 10.2 Å². The van der Waals surface area contributed by atoms with Gasteiger partial charge in [-0.1, -0.05) is 66.2 Å². The zero-order valence-electron chi connectivity index (χ0n) is 21.2. The van der Waals surface area contributed by atoms with Crippen LogP contribution in [0.4, 0.5) is 5.69 Å². The fraction of sp³-hybridized carbons (Fsp3) is 0.219. The van der Waals surface area contributed by atoms with Gasteiger partial charge in [0.1, 0.15) is 6.23 Å². The van der Waals surface area contributed by atoms with E-state index in [1.807, 2.05) is 70.4 Å². The van der Waals surface area contributed by atoms with E-state index in [0.29, 0.717) is 0 Å². The Morgan fingerprint density at radius 1 is 0.946 bits per heavy atom. The van der Waals surface area contributed by atoms with Gasteiger partial charge in [-0.25, -0.2) is 0 Å². The maximum atomic E-state index is 10.1. The molecule has 2 atom stereocenters. The maximum Gasteiger partial charge on any atom is 0.257 e. The molecule has 3 aromatic rings. The highest BCUT2D eigenvalue weighted by atomic mass is 35.5. The summed E-state index contributed by atoms with van der Waals surface area (Å²) in [6.07, 6.45) is 16.1. The van der Waals surface area contributed by atoms with Gasteiger partial charge in [-0.05, 0) is 66.7 Å². The molecule has 0 saturated heterocycles. The predicted octanol–water partition coefficient (Wildman–Crippen LogP) is 7.01. The van der Waals surface area contributed by atoms with E-state index in [4.69, 9.17) is 11.6 Å². The highest BCUT2D eigenvalue weighted by Gasteiger charge is 2.19. The molecule has 2 aliphatic rings. The normalized spacial score (nSPS) is 19.8. The first kappa shape index (κ1) is 25.2. The Morgan fingerprint density at radius 3 is 2.54 bits per heavy atom. The number of aliphatic hydroxyl groups is 2. The van der Waals surface area contributed by atoms with Gasteiger partial charge in [0.2, 0.25) is 5.52 Å². The maximum absolute atomic E-state index is 10.1. The van der Waals surface area contributed by atoms with Gasteiger partial charge >= 0.3 is 0 Å². The average molecular weight is 512 g/mol. The molecule has 4 nitrogen and oxygen atoms in total. The van der Waals surface area contributed by atoms with Crippen molar-refractivity contribution < 1.29 is 14.8 Å². The van der Waals surface area contributed by atoms with Crippen molar-refractivity contribution in [2.45, 2.75) is 45.6 Å². The lowest BCUT2D eigenvalue weighted by atomic mass is 9.92. The highest BCUT2D eigenvalue weighted by molar-refractivity contribution is 6.32. The second-order valence-corrected chi connectivity index (χ2v) is 9.92. The number of hydrogen-bond acceptors (Lipinski definition) is 3. The monoisotopic (exact) mass is 511 g/mol. The first-order valence-corrected chi connectivity index (χ1v) is 13.1. The van der Waals surface area contributed by atoms with E-state index >= 15 is 0 Å². The molecule has 188 valence electrons. The van der Waals surface area contributed by atoms with Crippen LogP contribution in [0.25, 0.3) is 22.6 Å². The van der Waals surface area contributed by atoms with Crippen molar-refractivity contribution in [1.82, 2.24) is 0 Å². The predicted molar refractivity (Wildman–Crippen MR) is 153 cm³/mol. The van der Waals surface area contributed by atoms with Crippen molar-refractivity contribution in [2.75, 3.05) is 4.90 Å². The number of allylic oxidation sites excluding steroid dienone is 8. The Bertz CT molecular complexity index is 1480. The molecule has 1 aliphatic carbocycles. The standard InChI is InChI=1S/C32H32ClN2O2/c1-22(36)34-20-18-24(28-10-3-5-12-30(28)34)14-16-26-8-7-9-27(32(26)33)17-15-25-19-21-35(23(2)37)31-13-6-4-11-29(25)31/h3-6,10-23,36-37H,7-9H2,1-2H3/q+1. The smallest absolute Gasteiger partial charge is 0.257 e. The number of benzene rings is 2. The van der Waals surface area contributed by atoms with Gasteiger partial charge in [-0.2, -0.15) is 4.57 Å². The number of hydrogen-bond donors (Lipinski definition) is 2. The summed E-state index contributed by atoms with van der Waals surface area (Å²) in [5.74, 6) is 0. The SMILES string of the molecule is CC(O)N1C=CC(=CC=C2CCCC(C=Cc3cc[n+](C(C)O)c4ccccc34)=C2Cl)c2ccccc21. The summed E-state index contributed by atoms with van der Waals surface area (Å²) in [6, 6.07) is 18.3. The zero-order chi connectivity index (χ0) is 25.9. The Labute approximate surface area is 223 Å². The van der Waals surface area contributed by atoms with Crippen LogP contribution in [0.1, 0.15) is 50.5 Å². The summed E-state index contributed by atoms with van der Waals surface area (Å²) in [5.41, 5.74) is 7.52. The lowest BCUT2D eigenvalue weighted by molar-refractivity contribution is -0.733. The topological polar surface area (TPSA) is 47.6 Å². The van der Waals surface area contributed by atoms with Gasteiger partial charge in [0.05, 0.1) is 11.1 Å². The Morgan fingerprint density at radius 2 is 1.73 bits per heavy atom. The minimum Gasteiger partial charge on any atom is -0.374 e. The Kier molecular flexibility index (Phi) is 7.43. The molecule has 2 heterocycles. The average Bonchev–Trinajstić information content (AvgIpc) is 2.91. The number of nitrogens with zero attached hydrogens (tertiary/aromatic N) is 2. The molecule has 0 saturated carbocycles. The minimum atomic E-state index is -0.596. The van der Waals surface area contributed by atoms with E-state index in [1.165, 1.54) is 0 Å². The van der Waals surface area contributed by atoms with Crippen LogP contribution in [0.5, 0.6) is 0 Å². The number of aliphatic hydroxyl groups excluding tert-OH is 2. The summed E-state index contributed by atoms with van der Waals surface area (Å²) < 4.78 is 1.87. The highest BCUT2D eigenvalue weighted by Crippen LogP contribution is 2.36. The van der Waals surface area contributed by atoms with Gasteiger partial charge < -0.3 is 15.1 Å². The van der Waals surface area contributed by atoms with Crippen LogP contribution in [0.2, 0.25) is 0 Å². The fourth-order valence-corrected chi connectivity index (χ4v) is 5.39. The summed E-state index contributed by atoms with van der Waals surface area (Å²) >= 11 is 6.92. The lowest BCUT2D eigenvalue weighted by Gasteiger charge is -2.29. The molecule has 1 aliphatic heterocycles. The van der Waals surface area contributed by atoms with Gasteiger partial charge in [0.15, 0.2) is 6.20 Å². The van der Waals surface area contributed by atoms with Crippen molar-refractivity contribution in [1.29, 1.82) is 0 Å². The lowest BCUT2D eigenvalue weighted by Crippen LogP contribution is -2.38. The van der Waals surface area contributed by atoms with Crippen LogP contribution in [-0.4, -0.2) is 16.4 Å². The van der Waals surface area contributed by atoms with Crippen molar-refractivity contribution in [3.05, 3.63) is 119 Å². The Balaban J connectivity index is 1.45. The van der Waals surface area contributed by atoms with Crippen molar-refractivity contribution in [2.24, 2.45) is 0 Å². The zero-order valence-corrected chi connectivity index (χ0v) is 21.9. The molecule has 0 bridgehead atoms. The largest absolute Gasteiger partial charge is 0.374 e. The van der Waals surface area contributed by atoms with Crippen molar-refractivity contribution in [3.8, 4) is 0 Å². The number of anilines is 1. The van der Waals surface area contributed by atoms with Crippen LogP contribution in [-0.2, 0) is 0 Å². The van der Waals surface area contributed by atoms with E-state index < -0.39 is 12.5 Å². The number of para-hydroxylation sites is 2. The second kappa shape index (κ2) is 10.9. The molecule has 2 unspecified atom stereocenters. The third-order valence-corrected chi connectivity index (χ3v) is 7.49. The summed E-state index contributed by atoms with van der Waals surface area (Å²) in [7, 11) is 0. The molecule has 0 spiro atoms. The molecule has 0 fully saturated rings. The van der Waals surface area contributed by atoms with Gasteiger partial charge in [0, 0.05) is 35.9 Å². The number of aromatic nitrogens is 1. The molecule has 5 rings (SSSR count). The first-order chi connectivity index (χ1) is 17.9. The minimum absolute atomic E-state index is 0.596. The molecule has 2 N–H and O–H groups in total. The molecule has 37 heavy (non-hydrogen) atoms. The molecule has 1 aromatic heterocycles. The van der Waals surface area contributed by atoms with Crippen LogP contribution in [0.3, 0.4) is 0 Å². The van der Waals surface area contributed by atoms with Crippen molar-refractivity contribution >= 4 is 39.8 Å². The van der Waals surface area contributed by atoms with Crippen LogP contribution < -0.4 is 9.47 Å². The first-order valence-electron chi connectivity index (χ1n) is 12.8. The molecular weight excluding hydrogens is 480 g/mol. The van der Waals surface area contributed by atoms with Crippen LogP contribution in [0.15, 0.2) is 107 Å². The van der Waals surface area contributed by atoms with E-state index in [0.717, 1.165) is 68.7 Å². The van der Waals surface area contributed by atoms with Gasteiger partial charge in [-0.15, -0.1) is 0 Å². The van der Waals surface area contributed by atoms with Gasteiger partial charge in [0.25, 0.3) is 6.23 Å². The number of pyridine rings is 1. The third-order valence-electron chi connectivity index (χ3n) is 7.01. The number of fused-ring (bicyclic) bond motifs is 2. The molecule has 0 amide bonds. The Hall–Kier alpha value is -3.44. The summed E-state index contributed by atoms with van der Waals surface area (Å²) in [6.45, 7) is 3.53. The summed E-state index contributed by atoms with van der Waals surface area (Å²) in [5, 5.41) is 22.2. The van der Waals surface area contributed by atoms with E-state index in [-0.39, 0.29) is 0 Å². The molecule has 2 aromatic carbocycles. The van der Waals surface area contributed by atoms with Crippen LogP contribution in [0, 0.1) is 0 Å². The quantitative estimate of drug-likeness (QED) is 0.362. The third kappa shape index (κ3) is 5.19. The van der Waals surface area contributed by atoms with Crippen molar-refractivity contribution in [3.63, 3.8) is 0 Å². The second-order valence-electron chi connectivity index (χ2n) is 9.54. The molecule has 5 heteroatoms. The van der Waals surface area contributed by atoms with E-state index in [1.54, 1.807) is 13.8 Å². The number of rotatable bonds is 5. The molecule has 0 radical (unpaired) electrons.